The number of phosphoric acid groups is 1. The van der Waals surface area contributed by atoms with Gasteiger partial charge in [0, 0.05) is 18.5 Å². The maximum Gasteiger partial charge on any atom is 0.267 e. The van der Waals surface area contributed by atoms with E-state index in [4.69, 9.17) is 9.05 Å². The summed E-state index contributed by atoms with van der Waals surface area (Å²) >= 11 is 0. The molecule has 0 aromatic rings. The van der Waals surface area contributed by atoms with Crippen molar-refractivity contribution in [1.82, 2.24) is 5.32 Å². The van der Waals surface area contributed by atoms with Gasteiger partial charge in [-0.3, -0.25) is 9.36 Å². The zero-order valence-electron chi connectivity index (χ0n) is 24.5. The van der Waals surface area contributed by atoms with Crippen molar-refractivity contribution >= 4 is 13.7 Å². The Hall–Kier alpha value is -0.760. The number of amides is 1. The Morgan fingerprint density at radius 1 is 0.946 bits per heavy atom. The number of aliphatic hydroxyl groups is 1. The zero-order chi connectivity index (χ0) is 28.2. The quantitative estimate of drug-likeness (QED) is 0.0690. The molecule has 0 aliphatic heterocycles. The molecule has 9 heteroatoms. The topological polar surface area (TPSA) is 108 Å². The minimum atomic E-state index is -4.48. The molecule has 0 heterocycles. The van der Waals surface area contributed by atoms with Gasteiger partial charge in [0.15, 0.2) is 0 Å². The number of nitrogens with zero attached hydrogens (tertiary/aromatic N) is 1. The monoisotopic (exact) mass is 548 g/mol. The van der Waals surface area contributed by atoms with E-state index in [0.717, 1.165) is 38.5 Å². The molecule has 220 valence electrons. The molecule has 0 aliphatic rings. The smallest absolute Gasteiger partial charge is 0.267 e. The van der Waals surface area contributed by atoms with Crippen molar-refractivity contribution in [3.8, 4) is 0 Å². The van der Waals surface area contributed by atoms with Crippen LogP contribution in [0.3, 0.4) is 0 Å². The fraction of sp³-hybridized carbons (Fsp3) is 0.893. The van der Waals surface area contributed by atoms with E-state index in [1.165, 1.54) is 44.9 Å². The lowest BCUT2D eigenvalue weighted by atomic mass is 9.95. The highest BCUT2D eigenvalue weighted by Gasteiger charge is 2.23. The normalized spacial score (nSPS) is 15.2. The van der Waals surface area contributed by atoms with Crippen LogP contribution in [0.2, 0.25) is 0 Å². The van der Waals surface area contributed by atoms with Crippen molar-refractivity contribution in [3.63, 3.8) is 0 Å². The number of carbonyl (C=O) groups excluding carboxylic acids is 1. The van der Waals surface area contributed by atoms with Crippen LogP contribution in [0.1, 0.15) is 104 Å². The van der Waals surface area contributed by atoms with Crippen LogP contribution in [-0.2, 0) is 18.4 Å². The summed E-state index contributed by atoms with van der Waals surface area (Å²) in [5.41, 5.74) is 0.468. The molecule has 0 saturated carbocycles. The Morgan fingerprint density at radius 3 is 2.03 bits per heavy atom. The Bertz CT molecular complexity index is 659. The average Bonchev–Trinajstić information content (AvgIpc) is 2.82. The van der Waals surface area contributed by atoms with Crippen LogP contribution in [0.4, 0.5) is 0 Å². The summed E-state index contributed by atoms with van der Waals surface area (Å²) in [5.74, 6) is 0.0416. The number of phosphoric ester groups is 1. The Labute approximate surface area is 227 Å². The molecule has 0 aromatic carbocycles. The van der Waals surface area contributed by atoms with Gasteiger partial charge < -0.3 is 28.8 Å². The van der Waals surface area contributed by atoms with Crippen LogP contribution < -0.4 is 10.2 Å². The number of likely N-dealkylation sites (N-methyl/N-ethyl adjacent to an activating group) is 1. The first-order valence-electron chi connectivity index (χ1n) is 14.5. The first kappa shape index (κ1) is 36.2. The lowest BCUT2D eigenvalue weighted by molar-refractivity contribution is -0.893. The molecule has 3 unspecified atom stereocenters. The van der Waals surface area contributed by atoms with E-state index >= 15 is 0 Å². The third-order valence-corrected chi connectivity index (χ3v) is 7.57. The van der Waals surface area contributed by atoms with Crippen LogP contribution in [0.25, 0.3) is 0 Å². The molecule has 1 amide bonds. The van der Waals surface area contributed by atoms with Gasteiger partial charge in [-0.2, -0.15) is 0 Å². The van der Waals surface area contributed by atoms with Crippen molar-refractivity contribution < 1.29 is 32.9 Å². The predicted octanol–water partition coefficient (Wildman–Crippen LogP) is 5.34. The fourth-order valence-electron chi connectivity index (χ4n) is 4.37. The lowest BCUT2D eigenvalue weighted by Crippen LogP contribution is -2.47. The van der Waals surface area contributed by atoms with Crippen molar-refractivity contribution in [2.45, 2.75) is 110 Å². The Kier molecular flexibility index (Phi) is 20.7. The van der Waals surface area contributed by atoms with E-state index in [1.54, 1.807) is 6.92 Å². The van der Waals surface area contributed by atoms with Gasteiger partial charge in [-0.25, -0.2) is 0 Å². The number of rotatable bonds is 25. The molecule has 0 fully saturated rings. The first-order valence-corrected chi connectivity index (χ1v) is 15.9. The molecule has 0 radical (unpaired) electrons. The van der Waals surface area contributed by atoms with Gasteiger partial charge in [-0.05, 0) is 25.7 Å². The van der Waals surface area contributed by atoms with Crippen LogP contribution in [0.15, 0.2) is 12.2 Å². The van der Waals surface area contributed by atoms with Crippen molar-refractivity contribution in [3.05, 3.63) is 12.2 Å². The van der Waals surface area contributed by atoms with Gasteiger partial charge in [-0.15, -0.1) is 0 Å². The third kappa shape index (κ3) is 21.8. The molecular formula is C28H57N2O6P. The van der Waals surface area contributed by atoms with Gasteiger partial charge in [0.1, 0.15) is 12.6 Å². The van der Waals surface area contributed by atoms with Crippen LogP contribution in [-0.4, -0.2) is 68.5 Å². The van der Waals surface area contributed by atoms with E-state index in [9.17, 15) is 19.4 Å². The fourth-order valence-corrected chi connectivity index (χ4v) is 5.19. The van der Waals surface area contributed by atoms with Gasteiger partial charge in [0.05, 0.1) is 33.9 Å². The molecule has 0 spiro atoms. The van der Waals surface area contributed by atoms with Crippen LogP contribution >= 0.6 is 7.82 Å². The van der Waals surface area contributed by atoms with Crippen LogP contribution in [0.5, 0.6) is 0 Å². The van der Waals surface area contributed by atoms with Gasteiger partial charge in [0.25, 0.3) is 7.82 Å². The van der Waals surface area contributed by atoms with Crippen molar-refractivity contribution in [1.29, 1.82) is 0 Å². The van der Waals surface area contributed by atoms with E-state index < -0.39 is 13.9 Å². The highest BCUT2D eigenvalue weighted by Crippen LogP contribution is 2.39. The molecule has 8 nitrogen and oxygen atoms in total. The summed E-state index contributed by atoms with van der Waals surface area (Å²) < 4.78 is 23.1. The second kappa shape index (κ2) is 21.1. The minimum absolute atomic E-state index is 0.148. The van der Waals surface area contributed by atoms with Gasteiger partial charge in [0.2, 0.25) is 5.91 Å². The van der Waals surface area contributed by atoms with E-state index in [-0.39, 0.29) is 25.0 Å². The summed E-state index contributed by atoms with van der Waals surface area (Å²) in [6, 6.07) is 0. The molecule has 2 N–H and O–H groups in total. The zero-order valence-corrected chi connectivity index (χ0v) is 25.4. The summed E-state index contributed by atoms with van der Waals surface area (Å²) in [6.07, 6.45) is 13.6. The van der Waals surface area contributed by atoms with E-state index in [1.807, 2.05) is 14.1 Å². The minimum Gasteiger partial charge on any atom is -0.756 e. The summed E-state index contributed by atoms with van der Waals surface area (Å²) in [7, 11) is -0.590. The van der Waals surface area contributed by atoms with E-state index in [0.29, 0.717) is 29.7 Å². The summed E-state index contributed by atoms with van der Waals surface area (Å²) in [4.78, 5) is 23.9. The van der Waals surface area contributed by atoms with E-state index in [2.05, 4.69) is 25.7 Å². The highest BCUT2D eigenvalue weighted by atomic mass is 31.2. The maximum absolute atomic E-state index is 12.4. The molecular weight excluding hydrogens is 491 g/mol. The number of carbonyl (C=O) groups is 1. The number of aliphatic hydroxyl groups excluding tert-OH is 1. The molecule has 0 bridgehead atoms. The SMILES string of the molecule is C=C(C)C(=O)NCCC[N+](C)(C)CC(O)COP(=O)([O-])OCC(CCCCCC)CCCCCCCC. The van der Waals surface area contributed by atoms with Gasteiger partial charge in [-0.1, -0.05) is 84.6 Å². The molecule has 37 heavy (non-hydrogen) atoms. The Balaban J connectivity index is 4.45. The molecule has 0 aromatic heterocycles. The molecule has 0 aliphatic carbocycles. The number of quaternary nitrogens is 1. The Morgan fingerprint density at radius 2 is 1.46 bits per heavy atom. The molecule has 0 rings (SSSR count). The standard InChI is InChI=1S/C28H57N2O6P/c1-7-9-11-13-14-16-19-26(18-15-12-10-8-2)23-35-37(33,34)36-24-27(31)22-30(5,6)21-17-20-29-28(32)25(3)4/h26-27,31H,3,7-24H2,1-2,4-6H3,(H-,29,32,33,34). The number of unbranched alkanes of at least 4 members (excludes halogenated alkanes) is 8. The third-order valence-electron chi connectivity index (χ3n) is 6.64. The number of nitrogens with one attached hydrogen (secondary N) is 1. The van der Waals surface area contributed by atoms with Crippen LogP contribution in [0, 0.1) is 5.92 Å². The number of hydrogen-bond donors (Lipinski definition) is 2. The second-order valence-electron chi connectivity index (χ2n) is 11.2. The van der Waals surface area contributed by atoms with Crippen molar-refractivity contribution in [2.75, 3.05) is 46.9 Å². The first-order chi connectivity index (χ1) is 17.4. The van der Waals surface area contributed by atoms with Crippen molar-refractivity contribution in [2.24, 2.45) is 5.92 Å². The average molecular weight is 549 g/mol. The predicted molar refractivity (Wildman–Crippen MR) is 150 cm³/mol. The molecule has 3 atom stereocenters. The summed E-state index contributed by atoms with van der Waals surface area (Å²) in [5, 5.41) is 13.2. The number of hydrogen-bond acceptors (Lipinski definition) is 6. The molecule has 0 saturated heterocycles. The maximum atomic E-state index is 12.4. The van der Waals surface area contributed by atoms with Gasteiger partial charge >= 0.3 is 0 Å². The highest BCUT2D eigenvalue weighted by molar-refractivity contribution is 7.45. The second-order valence-corrected chi connectivity index (χ2v) is 12.6. The summed E-state index contributed by atoms with van der Waals surface area (Å²) in [6.45, 7) is 11.0. The largest absolute Gasteiger partial charge is 0.756 e. The lowest BCUT2D eigenvalue weighted by Gasteiger charge is -2.33.